The van der Waals surface area contributed by atoms with Gasteiger partial charge in [0.1, 0.15) is 0 Å². The fourth-order valence-electron chi connectivity index (χ4n) is 3.66. The Hall–Kier alpha value is -1.88. The molecule has 0 unspecified atom stereocenters. The van der Waals surface area contributed by atoms with Gasteiger partial charge in [0.15, 0.2) is 0 Å². The van der Waals surface area contributed by atoms with Crippen LogP contribution in [-0.4, -0.2) is 34.6 Å². The number of aromatic amines is 1. The van der Waals surface area contributed by atoms with Gasteiger partial charge in [0.25, 0.3) is 5.91 Å². The quantitative estimate of drug-likeness (QED) is 0.744. The average Bonchev–Trinajstić information content (AvgIpc) is 3.28. The van der Waals surface area contributed by atoms with Crippen LogP contribution in [0.25, 0.3) is 6.08 Å². The zero-order chi connectivity index (χ0) is 18.1. The monoisotopic (exact) mass is 342 g/mol. The molecule has 0 atom stereocenters. The van der Waals surface area contributed by atoms with E-state index in [1.165, 1.54) is 16.8 Å². The summed E-state index contributed by atoms with van der Waals surface area (Å²) in [5.74, 6) is 0.779. The molecule has 1 aromatic heterocycles. The maximum atomic E-state index is 12.2. The van der Waals surface area contributed by atoms with E-state index in [1.807, 2.05) is 6.08 Å². The number of H-pyrrole nitrogens is 1. The van der Waals surface area contributed by atoms with Crippen LogP contribution in [0.5, 0.6) is 0 Å². The maximum absolute atomic E-state index is 12.2. The Morgan fingerprint density at radius 1 is 1.28 bits per heavy atom. The van der Waals surface area contributed by atoms with Crippen LogP contribution in [0.15, 0.2) is 10.7 Å². The molecule has 0 saturated heterocycles. The second-order valence-electron chi connectivity index (χ2n) is 7.44. The zero-order valence-electron chi connectivity index (χ0n) is 16.1. The van der Waals surface area contributed by atoms with Crippen LogP contribution >= 0.6 is 0 Å². The minimum atomic E-state index is -0.0749. The van der Waals surface area contributed by atoms with Crippen molar-refractivity contribution in [2.45, 2.75) is 59.9 Å². The van der Waals surface area contributed by atoms with Gasteiger partial charge in [0.2, 0.25) is 0 Å². The Morgan fingerprint density at radius 2 is 1.96 bits per heavy atom. The number of amides is 1. The zero-order valence-corrected chi connectivity index (χ0v) is 16.1. The summed E-state index contributed by atoms with van der Waals surface area (Å²) in [7, 11) is 0. The minimum absolute atomic E-state index is 0.0749. The summed E-state index contributed by atoms with van der Waals surface area (Å²) in [6.45, 7) is 14.0. The summed E-state index contributed by atoms with van der Waals surface area (Å²) in [6.07, 6.45) is 4.30. The van der Waals surface area contributed by atoms with Crippen molar-refractivity contribution in [1.82, 2.24) is 15.3 Å². The number of rotatable bonds is 7. The molecule has 0 radical (unpaired) electrons. The van der Waals surface area contributed by atoms with Crippen LogP contribution in [0.1, 0.15) is 69.0 Å². The fraction of sp³-hybridized carbons (Fsp3) is 0.600. The van der Waals surface area contributed by atoms with Crippen LogP contribution < -0.4 is 5.43 Å². The maximum Gasteiger partial charge on any atom is 0.273 e. The number of nitrogens with zero attached hydrogens (tertiary/aromatic N) is 2. The third-order valence-corrected chi connectivity index (χ3v) is 5.29. The highest BCUT2D eigenvalue weighted by Crippen LogP contribution is 2.36. The first-order valence-electron chi connectivity index (χ1n) is 9.49. The predicted molar refractivity (Wildman–Crippen MR) is 103 cm³/mol. The molecule has 2 heterocycles. The topological polar surface area (TPSA) is 60.5 Å². The van der Waals surface area contributed by atoms with Crippen molar-refractivity contribution in [3.8, 4) is 0 Å². The minimum Gasteiger partial charge on any atom is -0.359 e. The number of hydrogen-bond acceptors (Lipinski definition) is 3. The SMILES string of the molecule is CCN(CC)Cc1c(C)[nH]c(C=C2C(=O)NN=C2C2CC2)c1C(C)C. The standard InChI is InChI=1S/C20H30N4O/c1-6-24(7-2)11-16-13(5)21-17(18(16)12(3)4)10-15-19(14-8-9-14)22-23-20(15)25/h10,12,14,21H,6-9,11H2,1-5H3,(H,23,25). The number of hydrazone groups is 1. The largest absolute Gasteiger partial charge is 0.359 e. The third kappa shape index (κ3) is 3.56. The van der Waals surface area contributed by atoms with Crippen LogP contribution in [0.4, 0.5) is 0 Å². The molecule has 0 spiro atoms. The first-order chi connectivity index (χ1) is 12.0. The van der Waals surface area contributed by atoms with E-state index in [0.717, 1.165) is 49.5 Å². The second-order valence-corrected chi connectivity index (χ2v) is 7.44. The van der Waals surface area contributed by atoms with Crippen LogP contribution in [0.3, 0.4) is 0 Å². The van der Waals surface area contributed by atoms with Gasteiger partial charge in [-0.3, -0.25) is 9.69 Å². The Labute approximate surface area is 150 Å². The lowest BCUT2D eigenvalue weighted by molar-refractivity contribution is -0.116. The summed E-state index contributed by atoms with van der Waals surface area (Å²) in [5, 5.41) is 4.26. The number of nitrogens with one attached hydrogen (secondary N) is 2. The predicted octanol–water partition coefficient (Wildman–Crippen LogP) is 3.57. The molecule has 5 nitrogen and oxygen atoms in total. The Morgan fingerprint density at radius 3 is 2.52 bits per heavy atom. The first-order valence-corrected chi connectivity index (χ1v) is 9.49. The van der Waals surface area contributed by atoms with E-state index >= 15 is 0 Å². The van der Waals surface area contributed by atoms with Crippen molar-refractivity contribution >= 4 is 17.7 Å². The molecule has 1 fully saturated rings. The molecule has 1 aromatic rings. The van der Waals surface area contributed by atoms with E-state index in [1.54, 1.807) is 0 Å². The lowest BCUT2D eigenvalue weighted by atomic mass is 9.95. The molecule has 1 aliphatic carbocycles. The molecule has 5 heteroatoms. The molecular weight excluding hydrogens is 312 g/mol. The fourth-order valence-corrected chi connectivity index (χ4v) is 3.66. The summed E-state index contributed by atoms with van der Waals surface area (Å²) < 4.78 is 0. The molecule has 0 bridgehead atoms. The number of carbonyl (C=O) groups is 1. The number of hydrogen-bond donors (Lipinski definition) is 2. The number of carbonyl (C=O) groups excluding carboxylic acids is 1. The van der Waals surface area contributed by atoms with Gasteiger partial charge in [-0.15, -0.1) is 0 Å². The third-order valence-electron chi connectivity index (χ3n) is 5.29. The van der Waals surface area contributed by atoms with Gasteiger partial charge >= 0.3 is 0 Å². The summed E-state index contributed by atoms with van der Waals surface area (Å²) in [6, 6.07) is 0. The van der Waals surface area contributed by atoms with Crippen LogP contribution in [0.2, 0.25) is 0 Å². The summed E-state index contributed by atoms with van der Waals surface area (Å²) >= 11 is 0. The van der Waals surface area contributed by atoms with Crippen LogP contribution in [-0.2, 0) is 11.3 Å². The van der Waals surface area contributed by atoms with Crippen molar-refractivity contribution < 1.29 is 4.79 Å². The van der Waals surface area contributed by atoms with Gasteiger partial charge < -0.3 is 4.98 Å². The van der Waals surface area contributed by atoms with Crippen molar-refractivity contribution in [2.75, 3.05) is 13.1 Å². The molecule has 3 rings (SSSR count). The second kappa shape index (κ2) is 7.16. The Kier molecular flexibility index (Phi) is 5.13. The first kappa shape index (κ1) is 17.9. The molecule has 1 aliphatic heterocycles. The van der Waals surface area contributed by atoms with Crippen LogP contribution in [0, 0.1) is 12.8 Å². The molecule has 2 N–H and O–H groups in total. The van der Waals surface area contributed by atoms with Gasteiger partial charge in [-0.25, -0.2) is 5.43 Å². The van der Waals surface area contributed by atoms with Gasteiger partial charge in [0.05, 0.1) is 11.3 Å². The average molecular weight is 342 g/mol. The van der Waals surface area contributed by atoms with Gasteiger partial charge in [-0.05, 0) is 56.0 Å². The molecule has 2 aliphatic rings. The molecular formula is C20H30N4O. The summed E-state index contributed by atoms with van der Waals surface area (Å²) in [4.78, 5) is 18.2. The van der Waals surface area contributed by atoms with Gasteiger partial charge in [0, 0.05) is 23.9 Å². The van der Waals surface area contributed by atoms with Crippen molar-refractivity contribution in [3.63, 3.8) is 0 Å². The highest BCUT2D eigenvalue weighted by Gasteiger charge is 2.36. The van der Waals surface area contributed by atoms with Crippen molar-refractivity contribution in [2.24, 2.45) is 11.0 Å². The number of aryl methyl sites for hydroxylation is 1. The van der Waals surface area contributed by atoms with Gasteiger partial charge in [-0.1, -0.05) is 27.7 Å². The Bertz CT molecular complexity index is 718. The highest BCUT2D eigenvalue weighted by atomic mass is 16.2. The smallest absolute Gasteiger partial charge is 0.273 e. The lowest BCUT2D eigenvalue weighted by Crippen LogP contribution is -2.23. The van der Waals surface area contributed by atoms with E-state index in [0.29, 0.717) is 11.8 Å². The molecule has 136 valence electrons. The molecule has 1 amide bonds. The van der Waals surface area contributed by atoms with Crippen molar-refractivity contribution in [1.29, 1.82) is 0 Å². The van der Waals surface area contributed by atoms with E-state index in [4.69, 9.17) is 0 Å². The van der Waals surface area contributed by atoms with E-state index in [9.17, 15) is 4.79 Å². The number of aromatic nitrogens is 1. The molecule has 1 saturated carbocycles. The lowest BCUT2D eigenvalue weighted by Gasteiger charge is -2.20. The van der Waals surface area contributed by atoms with Gasteiger partial charge in [-0.2, -0.15) is 5.10 Å². The normalized spacial score (nSPS) is 19.2. The summed E-state index contributed by atoms with van der Waals surface area (Å²) in [5.41, 5.74) is 9.28. The Balaban J connectivity index is 2.00. The van der Waals surface area contributed by atoms with E-state index < -0.39 is 0 Å². The molecule has 25 heavy (non-hydrogen) atoms. The van der Waals surface area contributed by atoms with Crippen molar-refractivity contribution in [3.05, 3.63) is 28.1 Å². The van der Waals surface area contributed by atoms with E-state index in [-0.39, 0.29) is 5.91 Å². The molecule has 0 aromatic carbocycles. The van der Waals surface area contributed by atoms with E-state index in [2.05, 4.69) is 55.0 Å². The highest BCUT2D eigenvalue weighted by molar-refractivity contribution is 6.28.